The van der Waals surface area contributed by atoms with Crippen molar-refractivity contribution in [2.75, 3.05) is 6.54 Å². The van der Waals surface area contributed by atoms with Crippen molar-refractivity contribution in [3.05, 3.63) is 46.8 Å². The van der Waals surface area contributed by atoms with Gasteiger partial charge in [0.25, 0.3) is 0 Å². The lowest BCUT2D eigenvalue weighted by Gasteiger charge is -2.16. The molecule has 0 bridgehead atoms. The number of halogens is 2. The van der Waals surface area contributed by atoms with E-state index in [0.717, 1.165) is 24.4 Å². The third-order valence-corrected chi connectivity index (χ3v) is 3.20. The van der Waals surface area contributed by atoms with Crippen molar-refractivity contribution in [3.63, 3.8) is 0 Å². The molecule has 0 spiro atoms. The van der Waals surface area contributed by atoms with E-state index in [9.17, 15) is 4.39 Å². The van der Waals surface area contributed by atoms with Gasteiger partial charge >= 0.3 is 0 Å². The van der Waals surface area contributed by atoms with E-state index >= 15 is 0 Å². The van der Waals surface area contributed by atoms with Crippen molar-refractivity contribution in [3.8, 4) is 0 Å². The number of rotatable bonds is 6. The van der Waals surface area contributed by atoms with Gasteiger partial charge in [0.2, 0.25) is 0 Å². The van der Waals surface area contributed by atoms with Crippen LogP contribution in [-0.2, 0) is 6.42 Å². The van der Waals surface area contributed by atoms with Crippen molar-refractivity contribution in [1.29, 1.82) is 0 Å². The lowest BCUT2D eigenvalue weighted by atomic mass is 10.0. The summed E-state index contributed by atoms with van der Waals surface area (Å²) in [5.41, 5.74) is 0.756. The molecule has 19 heavy (non-hydrogen) atoms. The second-order valence-electron chi connectivity index (χ2n) is 4.32. The van der Waals surface area contributed by atoms with Crippen LogP contribution in [0.1, 0.15) is 30.8 Å². The Morgan fingerprint density at radius 1 is 1.47 bits per heavy atom. The molecular weight excluding hydrogens is 267 g/mol. The number of benzene rings is 1. The maximum Gasteiger partial charge on any atom is 0.141 e. The van der Waals surface area contributed by atoms with Gasteiger partial charge < -0.3 is 5.32 Å². The summed E-state index contributed by atoms with van der Waals surface area (Å²) in [4.78, 5) is 4.15. The molecule has 1 heterocycles. The minimum Gasteiger partial charge on any atom is -0.307 e. The van der Waals surface area contributed by atoms with E-state index in [1.165, 1.54) is 18.5 Å². The van der Waals surface area contributed by atoms with Crippen LogP contribution in [0.4, 0.5) is 4.39 Å². The topological polar surface area (TPSA) is 53.6 Å². The molecule has 6 heteroatoms. The van der Waals surface area contributed by atoms with Gasteiger partial charge in [-0.2, -0.15) is 5.10 Å². The molecule has 0 radical (unpaired) electrons. The molecule has 2 N–H and O–H groups in total. The summed E-state index contributed by atoms with van der Waals surface area (Å²) < 4.78 is 13.3. The quantitative estimate of drug-likeness (QED) is 0.856. The van der Waals surface area contributed by atoms with E-state index < -0.39 is 0 Å². The van der Waals surface area contributed by atoms with Gasteiger partial charge in [-0.05, 0) is 43.1 Å². The zero-order chi connectivity index (χ0) is 13.7. The van der Waals surface area contributed by atoms with Crippen LogP contribution in [0, 0.1) is 5.82 Å². The lowest BCUT2D eigenvalue weighted by Crippen LogP contribution is -2.25. The Hall–Kier alpha value is -1.46. The van der Waals surface area contributed by atoms with Gasteiger partial charge in [0.1, 0.15) is 18.0 Å². The van der Waals surface area contributed by atoms with E-state index in [-0.39, 0.29) is 11.9 Å². The first-order valence-corrected chi connectivity index (χ1v) is 6.61. The average Bonchev–Trinajstić information content (AvgIpc) is 2.92. The zero-order valence-corrected chi connectivity index (χ0v) is 11.4. The van der Waals surface area contributed by atoms with Crippen LogP contribution in [0.2, 0.25) is 5.02 Å². The van der Waals surface area contributed by atoms with Gasteiger partial charge in [0, 0.05) is 5.02 Å². The molecule has 1 aromatic carbocycles. The molecule has 0 amide bonds. The van der Waals surface area contributed by atoms with Gasteiger partial charge in [-0.3, -0.25) is 5.10 Å². The molecule has 1 unspecified atom stereocenters. The highest BCUT2D eigenvalue weighted by atomic mass is 35.5. The van der Waals surface area contributed by atoms with Crippen molar-refractivity contribution in [1.82, 2.24) is 20.5 Å². The first-order chi connectivity index (χ1) is 9.20. The first-order valence-electron chi connectivity index (χ1n) is 6.23. The molecule has 1 atom stereocenters. The Labute approximate surface area is 116 Å². The molecule has 4 nitrogen and oxygen atoms in total. The maximum absolute atomic E-state index is 13.3. The highest BCUT2D eigenvalue weighted by molar-refractivity contribution is 6.31. The van der Waals surface area contributed by atoms with Crippen LogP contribution in [0.25, 0.3) is 0 Å². The summed E-state index contributed by atoms with van der Waals surface area (Å²) in [6, 6.07) is 4.33. The monoisotopic (exact) mass is 282 g/mol. The SMILES string of the molecule is CCCNC(Cc1cc(F)ccc1Cl)c1ncn[nH]1. The third-order valence-electron chi connectivity index (χ3n) is 2.84. The van der Waals surface area contributed by atoms with Gasteiger partial charge in [0.15, 0.2) is 0 Å². The molecule has 102 valence electrons. The van der Waals surface area contributed by atoms with E-state index in [1.807, 2.05) is 0 Å². The second kappa shape index (κ2) is 6.63. The summed E-state index contributed by atoms with van der Waals surface area (Å²) in [6.07, 6.45) is 3.02. The standard InChI is InChI=1S/C13H16ClFN4/c1-2-5-16-12(13-17-8-18-19-13)7-9-6-10(15)3-4-11(9)14/h3-4,6,8,12,16H,2,5,7H2,1H3,(H,17,18,19). The molecule has 2 rings (SSSR count). The van der Waals surface area contributed by atoms with Crippen molar-refractivity contribution in [2.45, 2.75) is 25.8 Å². The Morgan fingerprint density at radius 2 is 2.32 bits per heavy atom. The molecular formula is C13H16ClFN4. The predicted octanol–water partition coefficient (Wildman–Crippen LogP) is 2.88. The van der Waals surface area contributed by atoms with E-state index in [2.05, 4.69) is 27.4 Å². The van der Waals surface area contributed by atoms with Crippen molar-refractivity contribution < 1.29 is 4.39 Å². The number of hydrogen-bond donors (Lipinski definition) is 2. The van der Waals surface area contributed by atoms with Gasteiger partial charge in [-0.25, -0.2) is 9.37 Å². The predicted molar refractivity (Wildman–Crippen MR) is 72.5 cm³/mol. The maximum atomic E-state index is 13.3. The molecule has 0 fully saturated rings. The van der Waals surface area contributed by atoms with Crippen LogP contribution in [0.5, 0.6) is 0 Å². The van der Waals surface area contributed by atoms with Crippen LogP contribution in [0.3, 0.4) is 0 Å². The fourth-order valence-electron chi connectivity index (χ4n) is 1.89. The van der Waals surface area contributed by atoms with Gasteiger partial charge in [-0.15, -0.1) is 0 Å². The van der Waals surface area contributed by atoms with E-state index in [1.54, 1.807) is 6.07 Å². The number of nitrogens with one attached hydrogen (secondary N) is 2. The fraction of sp³-hybridized carbons (Fsp3) is 0.385. The fourth-order valence-corrected chi connectivity index (χ4v) is 2.08. The van der Waals surface area contributed by atoms with Crippen LogP contribution < -0.4 is 5.32 Å². The van der Waals surface area contributed by atoms with Gasteiger partial charge in [-0.1, -0.05) is 18.5 Å². The second-order valence-corrected chi connectivity index (χ2v) is 4.72. The van der Waals surface area contributed by atoms with Crippen LogP contribution in [0.15, 0.2) is 24.5 Å². The Balaban J connectivity index is 2.17. The average molecular weight is 283 g/mol. The number of nitrogens with zero attached hydrogens (tertiary/aromatic N) is 2. The van der Waals surface area contributed by atoms with Gasteiger partial charge in [0.05, 0.1) is 6.04 Å². The normalized spacial score (nSPS) is 12.6. The summed E-state index contributed by atoms with van der Waals surface area (Å²) in [5, 5.41) is 10.6. The minimum absolute atomic E-state index is 0.0539. The number of aromatic amines is 1. The summed E-state index contributed by atoms with van der Waals surface area (Å²) in [5.74, 6) is 0.444. The molecule has 2 aromatic rings. The minimum atomic E-state index is -0.286. The summed E-state index contributed by atoms with van der Waals surface area (Å²) in [7, 11) is 0. The van der Waals surface area contributed by atoms with Crippen LogP contribution >= 0.6 is 11.6 Å². The van der Waals surface area contributed by atoms with Crippen molar-refractivity contribution >= 4 is 11.6 Å². The number of H-pyrrole nitrogens is 1. The highest BCUT2D eigenvalue weighted by Crippen LogP contribution is 2.22. The molecule has 0 saturated carbocycles. The third kappa shape index (κ3) is 3.75. The van der Waals surface area contributed by atoms with Crippen LogP contribution in [-0.4, -0.2) is 21.7 Å². The van der Waals surface area contributed by atoms with Crippen molar-refractivity contribution in [2.24, 2.45) is 0 Å². The number of aromatic nitrogens is 3. The molecule has 0 aliphatic heterocycles. The highest BCUT2D eigenvalue weighted by Gasteiger charge is 2.16. The smallest absolute Gasteiger partial charge is 0.141 e. The molecule has 0 aliphatic carbocycles. The van der Waals surface area contributed by atoms with E-state index in [0.29, 0.717) is 11.4 Å². The Kier molecular flexibility index (Phi) is 4.87. The zero-order valence-electron chi connectivity index (χ0n) is 10.7. The first kappa shape index (κ1) is 14.0. The lowest BCUT2D eigenvalue weighted by molar-refractivity contribution is 0.504. The number of hydrogen-bond acceptors (Lipinski definition) is 3. The Morgan fingerprint density at radius 3 is 3.00 bits per heavy atom. The largest absolute Gasteiger partial charge is 0.307 e. The summed E-state index contributed by atoms with van der Waals surface area (Å²) in [6.45, 7) is 2.93. The van der Waals surface area contributed by atoms with E-state index in [4.69, 9.17) is 11.6 Å². The summed E-state index contributed by atoms with van der Waals surface area (Å²) >= 11 is 6.10. The molecule has 0 aliphatic rings. The Bertz CT molecular complexity index is 515. The molecule has 1 aromatic heterocycles. The molecule has 0 saturated heterocycles.